The van der Waals surface area contributed by atoms with Crippen LogP contribution in [0.25, 0.3) is 10.2 Å². The maximum Gasteiger partial charge on any atom is 0.322 e. The Labute approximate surface area is 167 Å². The Kier molecular flexibility index (Phi) is 5.00. The lowest BCUT2D eigenvalue weighted by atomic mass is 10.1. The molecule has 1 aromatic heterocycles. The summed E-state index contributed by atoms with van der Waals surface area (Å²) in [5.41, 5.74) is 2.94. The Hall–Kier alpha value is -2.93. The van der Waals surface area contributed by atoms with Crippen molar-refractivity contribution in [3.63, 3.8) is 0 Å². The molecule has 0 radical (unpaired) electrons. The number of para-hydroxylation sites is 1. The summed E-state index contributed by atoms with van der Waals surface area (Å²) in [6, 6.07) is 13.2. The van der Waals surface area contributed by atoms with E-state index in [1.54, 1.807) is 30.5 Å². The highest BCUT2D eigenvalue weighted by molar-refractivity contribution is 7.18. The van der Waals surface area contributed by atoms with E-state index in [9.17, 15) is 9.59 Å². The summed E-state index contributed by atoms with van der Waals surface area (Å²) in [5.74, 6) is -0.165. The standard InChI is InChI=1S/C21H22N4O2S/c1-13-14(19(26)22-2)7-5-9-15(13)24-21(27)25-12-6-10-17(25)20-23-16-8-3-4-11-18(16)28-20/h3-5,7-9,11,17H,6,10,12H2,1-2H3,(H,22,26)(H,24,27)/t17-/m1/s1. The minimum Gasteiger partial charge on any atom is -0.355 e. The number of likely N-dealkylation sites (tertiary alicyclic amines) is 1. The quantitative estimate of drug-likeness (QED) is 0.694. The van der Waals surface area contributed by atoms with Crippen LogP contribution in [0.3, 0.4) is 0 Å². The maximum absolute atomic E-state index is 13.0. The Morgan fingerprint density at radius 1 is 1.18 bits per heavy atom. The van der Waals surface area contributed by atoms with E-state index in [1.807, 2.05) is 36.1 Å². The molecule has 0 bridgehead atoms. The number of thiazole rings is 1. The molecule has 0 unspecified atom stereocenters. The predicted octanol–water partition coefficient (Wildman–Crippen LogP) is 4.33. The molecule has 4 rings (SSSR count). The summed E-state index contributed by atoms with van der Waals surface area (Å²) in [7, 11) is 1.60. The molecule has 2 aromatic carbocycles. The number of anilines is 1. The summed E-state index contributed by atoms with van der Waals surface area (Å²) in [4.78, 5) is 31.6. The second-order valence-electron chi connectivity index (χ2n) is 6.86. The zero-order chi connectivity index (χ0) is 19.7. The van der Waals surface area contributed by atoms with Gasteiger partial charge in [-0.25, -0.2) is 9.78 Å². The molecule has 2 heterocycles. The first-order chi connectivity index (χ1) is 13.6. The lowest BCUT2D eigenvalue weighted by Crippen LogP contribution is -2.34. The summed E-state index contributed by atoms with van der Waals surface area (Å²) in [6.07, 6.45) is 1.86. The fourth-order valence-electron chi connectivity index (χ4n) is 3.64. The Morgan fingerprint density at radius 3 is 2.79 bits per heavy atom. The first-order valence-electron chi connectivity index (χ1n) is 9.33. The van der Waals surface area contributed by atoms with Gasteiger partial charge in [0.05, 0.1) is 16.3 Å². The molecular formula is C21H22N4O2S. The molecule has 0 aliphatic carbocycles. The van der Waals surface area contributed by atoms with Gasteiger partial charge in [0.2, 0.25) is 0 Å². The van der Waals surface area contributed by atoms with E-state index < -0.39 is 0 Å². The van der Waals surface area contributed by atoms with Crippen molar-refractivity contribution in [2.45, 2.75) is 25.8 Å². The maximum atomic E-state index is 13.0. The van der Waals surface area contributed by atoms with E-state index in [2.05, 4.69) is 16.7 Å². The monoisotopic (exact) mass is 394 g/mol. The first-order valence-corrected chi connectivity index (χ1v) is 10.1. The molecule has 7 heteroatoms. The summed E-state index contributed by atoms with van der Waals surface area (Å²) in [5, 5.41) is 6.60. The highest BCUT2D eigenvalue weighted by Gasteiger charge is 2.32. The number of aromatic nitrogens is 1. The summed E-state index contributed by atoms with van der Waals surface area (Å²) < 4.78 is 1.14. The van der Waals surface area contributed by atoms with Crippen LogP contribution in [0.1, 0.15) is 39.8 Å². The Balaban J connectivity index is 1.57. The number of nitrogens with zero attached hydrogens (tertiary/aromatic N) is 2. The third-order valence-electron chi connectivity index (χ3n) is 5.16. The molecule has 1 aliphatic heterocycles. The van der Waals surface area contributed by atoms with Crippen LogP contribution in [0, 0.1) is 6.92 Å². The van der Waals surface area contributed by atoms with Gasteiger partial charge in [0.25, 0.3) is 5.91 Å². The normalized spacial score (nSPS) is 16.4. The molecule has 6 nitrogen and oxygen atoms in total. The predicted molar refractivity (Wildman–Crippen MR) is 112 cm³/mol. The van der Waals surface area contributed by atoms with Gasteiger partial charge in [0.15, 0.2) is 0 Å². The third kappa shape index (κ3) is 3.33. The van der Waals surface area contributed by atoms with Crippen LogP contribution < -0.4 is 10.6 Å². The van der Waals surface area contributed by atoms with Crippen molar-refractivity contribution in [2.75, 3.05) is 18.9 Å². The van der Waals surface area contributed by atoms with Crippen molar-refractivity contribution in [1.29, 1.82) is 0 Å². The molecule has 2 N–H and O–H groups in total. The second kappa shape index (κ2) is 7.59. The Morgan fingerprint density at radius 2 is 2.00 bits per heavy atom. The van der Waals surface area contributed by atoms with Gasteiger partial charge >= 0.3 is 6.03 Å². The molecule has 0 saturated carbocycles. The number of urea groups is 1. The van der Waals surface area contributed by atoms with E-state index in [0.29, 0.717) is 17.8 Å². The van der Waals surface area contributed by atoms with Crippen LogP contribution in [0.15, 0.2) is 42.5 Å². The average molecular weight is 395 g/mol. The Bertz CT molecular complexity index is 1010. The number of amides is 3. The fourth-order valence-corrected chi connectivity index (χ4v) is 4.75. The molecule has 1 saturated heterocycles. The van der Waals surface area contributed by atoms with Crippen molar-refractivity contribution < 1.29 is 9.59 Å². The number of rotatable bonds is 3. The van der Waals surface area contributed by atoms with Gasteiger partial charge in [0, 0.05) is 24.8 Å². The lowest BCUT2D eigenvalue weighted by molar-refractivity contribution is 0.0962. The topological polar surface area (TPSA) is 74.3 Å². The smallest absolute Gasteiger partial charge is 0.322 e. The number of hydrogen-bond acceptors (Lipinski definition) is 4. The van der Waals surface area contributed by atoms with Crippen LogP contribution >= 0.6 is 11.3 Å². The number of fused-ring (bicyclic) bond motifs is 1. The number of nitrogens with one attached hydrogen (secondary N) is 2. The SMILES string of the molecule is CNC(=O)c1cccc(NC(=O)N2CCC[C@@H]2c2nc3ccccc3s2)c1C. The third-order valence-corrected chi connectivity index (χ3v) is 6.29. The van der Waals surface area contributed by atoms with Gasteiger partial charge in [-0.05, 0) is 49.6 Å². The molecule has 144 valence electrons. The minimum atomic E-state index is -0.165. The zero-order valence-corrected chi connectivity index (χ0v) is 16.7. The number of carbonyl (C=O) groups excluding carboxylic acids is 2. The molecule has 3 amide bonds. The van der Waals surface area contributed by atoms with Crippen LogP contribution in [0.5, 0.6) is 0 Å². The van der Waals surface area contributed by atoms with Gasteiger partial charge in [-0.1, -0.05) is 18.2 Å². The average Bonchev–Trinajstić information content (AvgIpc) is 3.35. The van der Waals surface area contributed by atoms with Gasteiger partial charge in [0.1, 0.15) is 5.01 Å². The number of hydrogen-bond donors (Lipinski definition) is 2. The van der Waals surface area contributed by atoms with Gasteiger partial charge in [-0.2, -0.15) is 0 Å². The van der Waals surface area contributed by atoms with Crippen molar-refractivity contribution in [2.24, 2.45) is 0 Å². The van der Waals surface area contributed by atoms with Crippen LogP contribution in [0.4, 0.5) is 10.5 Å². The minimum absolute atomic E-state index is 0.0140. The molecule has 1 fully saturated rings. The van der Waals surface area contributed by atoms with Crippen molar-refractivity contribution in [1.82, 2.24) is 15.2 Å². The van der Waals surface area contributed by atoms with E-state index in [0.717, 1.165) is 33.6 Å². The lowest BCUT2D eigenvalue weighted by Gasteiger charge is -2.24. The molecule has 1 aliphatic rings. The summed E-state index contributed by atoms with van der Waals surface area (Å²) in [6.45, 7) is 2.54. The summed E-state index contributed by atoms with van der Waals surface area (Å²) >= 11 is 1.65. The first kappa shape index (κ1) is 18.4. The zero-order valence-electron chi connectivity index (χ0n) is 15.9. The number of carbonyl (C=O) groups is 2. The van der Waals surface area contributed by atoms with Crippen molar-refractivity contribution in [3.8, 4) is 0 Å². The second-order valence-corrected chi connectivity index (χ2v) is 7.92. The fraction of sp³-hybridized carbons (Fsp3) is 0.286. The molecule has 1 atom stereocenters. The highest BCUT2D eigenvalue weighted by atomic mass is 32.1. The van der Waals surface area contributed by atoms with Gasteiger partial charge < -0.3 is 15.5 Å². The van der Waals surface area contributed by atoms with Gasteiger partial charge in [-0.3, -0.25) is 4.79 Å². The van der Waals surface area contributed by atoms with Gasteiger partial charge in [-0.15, -0.1) is 11.3 Å². The molecule has 0 spiro atoms. The number of benzene rings is 2. The molecule has 3 aromatic rings. The van der Waals surface area contributed by atoms with Crippen LogP contribution in [-0.4, -0.2) is 35.4 Å². The largest absolute Gasteiger partial charge is 0.355 e. The van der Waals surface area contributed by atoms with E-state index >= 15 is 0 Å². The van der Waals surface area contributed by atoms with Crippen LogP contribution in [-0.2, 0) is 0 Å². The van der Waals surface area contributed by atoms with Crippen molar-refractivity contribution in [3.05, 3.63) is 58.6 Å². The molecule has 28 heavy (non-hydrogen) atoms. The van der Waals surface area contributed by atoms with Crippen LogP contribution in [0.2, 0.25) is 0 Å². The van der Waals surface area contributed by atoms with Crippen molar-refractivity contribution >= 4 is 39.2 Å². The molecular weight excluding hydrogens is 372 g/mol. The highest BCUT2D eigenvalue weighted by Crippen LogP contribution is 2.36. The van der Waals surface area contributed by atoms with E-state index in [4.69, 9.17) is 4.98 Å². The van der Waals surface area contributed by atoms with E-state index in [-0.39, 0.29) is 18.0 Å². The van der Waals surface area contributed by atoms with E-state index in [1.165, 1.54) is 0 Å².